The SMILES string of the molecule is CC(=O)Nc1cc2c(cc1N1CCOCC1)/C(=C\c1cc3ccccc3o1)C(=O)N2. The predicted molar refractivity (Wildman–Crippen MR) is 116 cm³/mol. The van der Waals surface area contributed by atoms with E-state index in [1.807, 2.05) is 42.5 Å². The number of rotatable bonds is 3. The zero-order valence-corrected chi connectivity index (χ0v) is 16.5. The van der Waals surface area contributed by atoms with Gasteiger partial charge in [-0.05, 0) is 30.3 Å². The van der Waals surface area contributed by atoms with Gasteiger partial charge in [-0.15, -0.1) is 0 Å². The van der Waals surface area contributed by atoms with Crippen molar-refractivity contribution >= 4 is 51.5 Å². The lowest BCUT2D eigenvalue weighted by molar-refractivity contribution is -0.114. The van der Waals surface area contributed by atoms with E-state index in [0.717, 1.165) is 35.3 Å². The van der Waals surface area contributed by atoms with Crippen LogP contribution >= 0.6 is 0 Å². The lowest BCUT2D eigenvalue weighted by atomic mass is 10.0. The summed E-state index contributed by atoms with van der Waals surface area (Å²) in [6, 6.07) is 13.4. The van der Waals surface area contributed by atoms with E-state index in [-0.39, 0.29) is 11.8 Å². The summed E-state index contributed by atoms with van der Waals surface area (Å²) in [5.41, 5.74) is 4.32. The van der Waals surface area contributed by atoms with Gasteiger partial charge in [-0.25, -0.2) is 0 Å². The van der Waals surface area contributed by atoms with Gasteiger partial charge in [0.2, 0.25) is 5.91 Å². The van der Waals surface area contributed by atoms with Crippen molar-refractivity contribution < 1.29 is 18.7 Å². The lowest BCUT2D eigenvalue weighted by Gasteiger charge is -2.31. The summed E-state index contributed by atoms with van der Waals surface area (Å²) in [6.07, 6.45) is 1.77. The second-order valence-corrected chi connectivity index (χ2v) is 7.39. The number of carbonyl (C=O) groups is 2. The Hall–Kier alpha value is -3.58. The Kier molecular flexibility index (Phi) is 4.52. The number of morpholine rings is 1. The number of para-hydroxylation sites is 1. The normalized spacial score (nSPS) is 17.3. The summed E-state index contributed by atoms with van der Waals surface area (Å²) in [4.78, 5) is 26.6. The molecule has 2 aromatic carbocycles. The maximum Gasteiger partial charge on any atom is 0.256 e. The molecule has 7 nitrogen and oxygen atoms in total. The van der Waals surface area contributed by atoms with E-state index in [0.29, 0.717) is 35.9 Å². The fraction of sp³-hybridized carbons (Fsp3) is 0.217. The van der Waals surface area contributed by atoms with Crippen LogP contribution in [0.1, 0.15) is 18.2 Å². The van der Waals surface area contributed by atoms with Crippen molar-refractivity contribution in [1.29, 1.82) is 0 Å². The van der Waals surface area contributed by atoms with Gasteiger partial charge >= 0.3 is 0 Å². The van der Waals surface area contributed by atoms with E-state index in [2.05, 4.69) is 15.5 Å². The molecular weight excluding hydrogens is 382 g/mol. The largest absolute Gasteiger partial charge is 0.457 e. The molecule has 0 radical (unpaired) electrons. The van der Waals surface area contributed by atoms with E-state index < -0.39 is 0 Å². The molecule has 3 heterocycles. The Morgan fingerprint density at radius 3 is 2.73 bits per heavy atom. The van der Waals surface area contributed by atoms with Gasteiger partial charge in [0, 0.05) is 31.0 Å². The van der Waals surface area contributed by atoms with E-state index >= 15 is 0 Å². The summed E-state index contributed by atoms with van der Waals surface area (Å²) in [7, 11) is 0. The molecule has 2 amide bonds. The second-order valence-electron chi connectivity index (χ2n) is 7.39. The van der Waals surface area contributed by atoms with Gasteiger partial charge in [-0.3, -0.25) is 9.59 Å². The quantitative estimate of drug-likeness (QED) is 0.651. The fourth-order valence-corrected chi connectivity index (χ4v) is 3.94. The minimum absolute atomic E-state index is 0.160. The number of fused-ring (bicyclic) bond motifs is 2. The van der Waals surface area contributed by atoms with Gasteiger partial charge in [0.05, 0.1) is 35.8 Å². The third kappa shape index (κ3) is 3.33. The minimum Gasteiger partial charge on any atom is -0.457 e. The number of carbonyl (C=O) groups excluding carboxylic acids is 2. The Labute approximate surface area is 173 Å². The molecule has 30 heavy (non-hydrogen) atoms. The van der Waals surface area contributed by atoms with E-state index in [4.69, 9.17) is 9.15 Å². The average Bonchev–Trinajstić information content (AvgIpc) is 3.28. The van der Waals surface area contributed by atoms with Crippen molar-refractivity contribution in [2.24, 2.45) is 0 Å². The van der Waals surface area contributed by atoms with Crippen LogP contribution in [0.15, 0.2) is 46.9 Å². The molecule has 0 saturated carbocycles. The summed E-state index contributed by atoms with van der Waals surface area (Å²) in [5, 5.41) is 6.77. The molecule has 1 saturated heterocycles. The molecule has 0 bridgehead atoms. The van der Waals surface area contributed by atoms with Crippen LogP contribution in [0.5, 0.6) is 0 Å². The first-order valence-electron chi connectivity index (χ1n) is 9.89. The summed E-state index contributed by atoms with van der Waals surface area (Å²) in [5.74, 6) is 0.262. The highest BCUT2D eigenvalue weighted by molar-refractivity contribution is 6.35. The van der Waals surface area contributed by atoms with Crippen molar-refractivity contribution in [3.05, 3.63) is 53.8 Å². The molecule has 2 N–H and O–H groups in total. The molecule has 0 unspecified atom stereocenters. The van der Waals surface area contributed by atoms with Gasteiger partial charge in [0.15, 0.2) is 0 Å². The summed E-state index contributed by atoms with van der Waals surface area (Å²) >= 11 is 0. The molecule has 0 spiro atoms. The maximum absolute atomic E-state index is 12.7. The van der Waals surface area contributed by atoms with Crippen LogP contribution in [-0.2, 0) is 14.3 Å². The van der Waals surface area contributed by atoms with Gasteiger partial charge < -0.3 is 24.7 Å². The standard InChI is InChI=1S/C23H21N3O4/c1-14(27)24-20-13-19-17(12-21(20)26-6-8-29-9-7-26)18(23(28)25-19)11-16-10-15-4-2-3-5-22(15)30-16/h2-5,10-13H,6-9H2,1H3,(H,24,27)(H,25,28)/b18-11+. The zero-order chi connectivity index (χ0) is 20.7. The highest BCUT2D eigenvalue weighted by Crippen LogP contribution is 2.41. The molecular formula is C23H21N3O4. The first-order chi connectivity index (χ1) is 14.6. The number of nitrogens with zero attached hydrogens (tertiary/aromatic N) is 1. The Bertz CT molecular complexity index is 1160. The third-order valence-corrected chi connectivity index (χ3v) is 5.31. The van der Waals surface area contributed by atoms with Gasteiger partial charge in [0.1, 0.15) is 11.3 Å². The highest BCUT2D eigenvalue weighted by atomic mass is 16.5. The number of amides is 2. The molecule has 0 atom stereocenters. The van der Waals surface area contributed by atoms with Crippen molar-refractivity contribution in [3.63, 3.8) is 0 Å². The van der Waals surface area contributed by atoms with Crippen molar-refractivity contribution in [2.45, 2.75) is 6.92 Å². The number of nitrogens with one attached hydrogen (secondary N) is 2. The van der Waals surface area contributed by atoms with Crippen LogP contribution in [0, 0.1) is 0 Å². The monoisotopic (exact) mass is 403 g/mol. The molecule has 2 aliphatic heterocycles. The Morgan fingerprint density at radius 2 is 1.97 bits per heavy atom. The molecule has 7 heteroatoms. The zero-order valence-electron chi connectivity index (χ0n) is 16.5. The Morgan fingerprint density at radius 1 is 1.17 bits per heavy atom. The minimum atomic E-state index is -0.196. The van der Waals surface area contributed by atoms with Crippen LogP contribution in [0.4, 0.5) is 17.1 Å². The van der Waals surface area contributed by atoms with Gasteiger partial charge in [0.25, 0.3) is 5.91 Å². The molecule has 1 fully saturated rings. The smallest absolute Gasteiger partial charge is 0.256 e. The van der Waals surface area contributed by atoms with Gasteiger partial charge in [-0.2, -0.15) is 0 Å². The number of hydrogen-bond acceptors (Lipinski definition) is 5. The van der Waals surface area contributed by atoms with E-state index in [1.165, 1.54) is 6.92 Å². The van der Waals surface area contributed by atoms with E-state index in [9.17, 15) is 9.59 Å². The van der Waals surface area contributed by atoms with Gasteiger partial charge in [-0.1, -0.05) is 18.2 Å². The maximum atomic E-state index is 12.7. The number of benzene rings is 2. The van der Waals surface area contributed by atoms with Crippen LogP contribution in [-0.4, -0.2) is 38.1 Å². The first-order valence-corrected chi connectivity index (χ1v) is 9.89. The second kappa shape index (κ2) is 7.35. The third-order valence-electron chi connectivity index (χ3n) is 5.31. The fourth-order valence-electron chi connectivity index (χ4n) is 3.94. The van der Waals surface area contributed by atoms with Crippen LogP contribution in [0.2, 0.25) is 0 Å². The first kappa shape index (κ1) is 18.4. The van der Waals surface area contributed by atoms with Crippen molar-refractivity contribution in [1.82, 2.24) is 0 Å². The summed E-state index contributed by atoms with van der Waals surface area (Å²) < 4.78 is 11.3. The van der Waals surface area contributed by atoms with Crippen LogP contribution in [0.3, 0.4) is 0 Å². The van der Waals surface area contributed by atoms with Crippen molar-refractivity contribution in [3.8, 4) is 0 Å². The van der Waals surface area contributed by atoms with Crippen LogP contribution in [0.25, 0.3) is 22.6 Å². The molecule has 3 aromatic rings. The molecule has 1 aromatic heterocycles. The molecule has 2 aliphatic rings. The molecule has 5 rings (SSSR count). The van der Waals surface area contributed by atoms with Crippen molar-refractivity contribution in [2.75, 3.05) is 41.8 Å². The lowest BCUT2D eigenvalue weighted by Crippen LogP contribution is -2.36. The average molecular weight is 403 g/mol. The van der Waals surface area contributed by atoms with Crippen LogP contribution < -0.4 is 15.5 Å². The summed E-state index contributed by atoms with van der Waals surface area (Å²) in [6.45, 7) is 4.15. The molecule has 0 aliphatic carbocycles. The van der Waals surface area contributed by atoms with E-state index in [1.54, 1.807) is 6.08 Å². The predicted octanol–water partition coefficient (Wildman–Crippen LogP) is 3.72. The number of anilines is 3. The number of hydrogen-bond donors (Lipinski definition) is 2. The molecule has 152 valence electrons. The topological polar surface area (TPSA) is 83.8 Å². The Balaban J connectivity index is 1.60. The number of ether oxygens (including phenoxy) is 1. The number of furan rings is 1. The highest BCUT2D eigenvalue weighted by Gasteiger charge is 2.28.